The first-order chi connectivity index (χ1) is 6.72. The zero-order valence-electron chi connectivity index (χ0n) is 7.27. The number of rotatable bonds is 2. The summed E-state index contributed by atoms with van der Waals surface area (Å²) in [4.78, 5) is 21.6. The Morgan fingerprint density at radius 1 is 1.50 bits per heavy atom. The van der Waals surface area contributed by atoms with Crippen molar-refractivity contribution in [1.82, 2.24) is 4.57 Å². The van der Waals surface area contributed by atoms with Crippen LogP contribution in [0.2, 0.25) is 0 Å². The van der Waals surface area contributed by atoms with Crippen LogP contribution in [0.15, 0.2) is 27.4 Å². The number of aldehydes is 1. The van der Waals surface area contributed by atoms with Crippen LogP contribution in [0.1, 0.15) is 0 Å². The maximum Gasteiger partial charge on any atom is 0.420 e. The van der Waals surface area contributed by atoms with Crippen molar-refractivity contribution in [3.63, 3.8) is 0 Å². The lowest BCUT2D eigenvalue weighted by molar-refractivity contribution is -0.108. The number of anilines is 1. The van der Waals surface area contributed by atoms with Crippen LogP contribution in [0.25, 0.3) is 11.1 Å². The van der Waals surface area contributed by atoms with Gasteiger partial charge in [-0.2, -0.15) is 0 Å². The molecule has 2 aromatic rings. The molecule has 0 radical (unpaired) electrons. The lowest BCUT2D eigenvalue weighted by Crippen LogP contribution is -2.14. The van der Waals surface area contributed by atoms with E-state index in [1.807, 2.05) is 0 Å². The van der Waals surface area contributed by atoms with Gasteiger partial charge >= 0.3 is 5.76 Å². The van der Waals surface area contributed by atoms with Crippen molar-refractivity contribution in [1.29, 1.82) is 0 Å². The second-order valence-corrected chi connectivity index (χ2v) is 2.87. The Morgan fingerprint density at radius 2 is 2.29 bits per heavy atom. The molecule has 5 heteroatoms. The molecule has 0 fully saturated rings. The first-order valence-electron chi connectivity index (χ1n) is 4.05. The predicted molar refractivity (Wildman–Crippen MR) is 51.0 cm³/mol. The monoisotopic (exact) mass is 192 g/mol. The molecule has 1 aromatic carbocycles. The van der Waals surface area contributed by atoms with Gasteiger partial charge in [0.1, 0.15) is 6.29 Å². The predicted octanol–water partition coefficient (Wildman–Crippen LogP) is 0.376. The number of nitrogens with two attached hydrogens (primary N) is 1. The number of carbonyl (C=O) groups is 1. The van der Waals surface area contributed by atoms with E-state index in [4.69, 9.17) is 10.2 Å². The molecule has 0 unspecified atom stereocenters. The second-order valence-electron chi connectivity index (χ2n) is 2.87. The van der Waals surface area contributed by atoms with E-state index in [1.165, 1.54) is 4.57 Å². The Labute approximate surface area is 78.7 Å². The van der Waals surface area contributed by atoms with E-state index in [1.54, 1.807) is 18.2 Å². The number of hydrogen-bond donors (Lipinski definition) is 1. The van der Waals surface area contributed by atoms with Crippen LogP contribution in [-0.2, 0) is 11.3 Å². The second kappa shape index (κ2) is 3.02. The summed E-state index contributed by atoms with van der Waals surface area (Å²) in [6.07, 6.45) is 0.638. The number of fused-ring (bicyclic) bond motifs is 1. The molecule has 1 heterocycles. The zero-order chi connectivity index (χ0) is 10.1. The smallest absolute Gasteiger partial charge is 0.408 e. The average molecular weight is 192 g/mol. The summed E-state index contributed by atoms with van der Waals surface area (Å²) >= 11 is 0. The number of aromatic nitrogens is 1. The third-order valence-corrected chi connectivity index (χ3v) is 1.95. The highest BCUT2D eigenvalue weighted by Crippen LogP contribution is 2.15. The molecule has 5 nitrogen and oxygen atoms in total. The van der Waals surface area contributed by atoms with Crippen molar-refractivity contribution in [2.24, 2.45) is 0 Å². The van der Waals surface area contributed by atoms with Gasteiger partial charge in [0.05, 0.1) is 12.1 Å². The average Bonchev–Trinajstić information content (AvgIpc) is 2.45. The molecule has 0 saturated heterocycles. The number of carbonyl (C=O) groups excluding carboxylic acids is 1. The van der Waals surface area contributed by atoms with E-state index in [-0.39, 0.29) is 6.54 Å². The Hall–Kier alpha value is -2.04. The Balaban J connectivity index is 2.79. The van der Waals surface area contributed by atoms with E-state index in [9.17, 15) is 9.59 Å². The van der Waals surface area contributed by atoms with Crippen LogP contribution >= 0.6 is 0 Å². The minimum atomic E-state index is -0.544. The standard InChI is InChI=1S/C9H8N2O3/c10-6-1-2-8-7(5-6)11(3-4-12)9(13)14-8/h1-2,4-5H,3,10H2. The molecule has 72 valence electrons. The fourth-order valence-corrected chi connectivity index (χ4v) is 1.33. The molecule has 0 aliphatic heterocycles. The highest BCUT2D eigenvalue weighted by Gasteiger charge is 2.07. The van der Waals surface area contributed by atoms with Crippen molar-refractivity contribution in [3.05, 3.63) is 28.7 Å². The lowest BCUT2D eigenvalue weighted by atomic mass is 10.3. The van der Waals surface area contributed by atoms with Gasteiger partial charge in [0.2, 0.25) is 0 Å². The van der Waals surface area contributed by atoms with Gasteiger partial charge in [-0.05, 0) is 18.2 Å². The quantitative estimate of drug-likeness (QED) is 0.551. The molecule has 0 bridgehead atoms. The minimum Gasteiger partial charge on any atom is -0.408 e. The van der Waals surface area contributed by atoms with Crippen molar-refractivity contribution >= 4 is 23.1 Å². The van der Waals surface area contributed by atoms with E-state index in [0.29, 0.717) is 23.1 Å². The van der Waals surface area contributed by atoms with Gasteiger partial charge in [-0.1, -0.05) is 0 Å². The highest BCUT2D eigenvalue weighted by atomic mass is 16.4. The third-order valence-electron chi connectivity index (χ3n) is 1.95. The van der Waals surface area contributed by atoms with Crippen LogP contribution in [0, 0.1) is 0 Å². The van der Waals surface area contributed by atoms with Crippen LogP contribution in [0.5, 0.6) is 0 Å². The first kappa shape index (κ1) is 8.55. The number of benzene rings is 1. The Morgan fingerprint density at radius 3 is 3.00 bits per heavy atom. The van der Waals surface area contributed by atoms with Crippen molar-refractivity contribution < 1.29 is 9.21 Å². The third kappa shape index (κ3) is 1.19. The van der Waals surface area contributed by atoms with Crippen molar-refractivity contribution in [3.8, 4) is 0 Å². The molecule has 0 atom stereocenters. The van der Waals surface area contributed by atoms with Gasteiger partial charge in [-0.25, -0.2) is 4.79 Å². The summed E-state index contributed by atoms with van der Waals surface area (Å²) in [6.45, 7) is -0.0186. The van der Waals surface area contributed by atoms with E-state index < -0.39 is 5.76 Å². The molecule has 0 aliphatic carbocycles. The molecular weight excluding hydrogens is 184 g/mol. The fraction of sp³-hybridized carbons (Fsp3) is 0.111. The summed E-state index contributed by atoms with van der Waals surface area (Å²) in [7, 11) is 0. The van der Waals surface area contributed by atoms with Crippen molar-refractivity contribution in [2.75, 3.05) is 5.73 Å². The topological polar surface area (TPSA) is 78.2 Å². The molecular formula is C9H8N2O3. The number of hydrogen-bond acceptors (Lipinski definition) is 4. The van der Waals surface area contributed by atoms with Gasteiger partial charge in [0.15, 0.2) is 5.58 Å². The number of oxazole rings is 1. The molecule has 0 saturated carbocycles. The summed E-state index contributed by atoms with van der Waals surface area (Å²) in [5.41, 5.74) is 7.06. The number of nitrogens with zero attached hydrogens (tertiary/aromatic N) is 1. The molecule has 0 amide bonds. The molecule has 2 N–H and O–H groups in total. The molecule has 1 aromatic heterocycles. The largest absolute Gasteiger partial charge is 0.420 e. The number of nitrogen functional groups attached to an aromatic ring is 1. The summed E-state index contributed by atoms with van der Waals surface area (Å²) in [6, 6.07) is 4.84. The van der Waals surface area contributed by atoms with Gasteiger partial charge in [0.25, 0.3) is 0 Å². The molecule has 0 aliphatic rings. The summed E-state index contributed by atoms with van der Waals surface area (Å²) in [5.74, 6) is -0.544. The van der Waals surface area contributed by atoms with E-state index in [0.717, 1.165) is 0 Å². The van der Waals surface area contributed by atoms with Gasteiger partial charge < -0.3 is 14.9 Å². The van der Waals surface area contributed by atoms with E-state index in [2.05, 4.69) is 0 Å². The Bertz CT molecular complexity index is 538. The zero-order valence-corrected chi connectivity index (χ0v) is 7.27. The normalized spacial score (nSPS) is 10.6. The van der Waals surface area contributed by atoms with Crippen molar-refractivity contribution in [2.45, 2.75) is 6.54 Å². The van der Waals surface area contributed by atoms with Crippen LogP contribution in [-0.4, -0.2) is 10.9 Å². The Kier molecular flexibility index (Phi) is 1.85. The fourth-order valence-electron chi connectivity index (χ4n) is 1.33. The molecule has 0 spiro atoms. The van der Waals surface area contributed by atoms with Gasteiger partial charge in [-0.3, -0.25) is 4.57 Å². The summed E-state index contributed by atoms with van der Waals surface area (Å²) in [5, 5.41) is 0. The molecule has 14 heavy (non-hydrogen) atoms. The SMILES string of the molecule is Nc1ccc2oc(=O)n(CC=O)c2c1. The van der Waals surface area contributed by atoms with Gasteiger partial charge in [0, 0.05) is 5.69 Å². The highest BCUT2D eigenvalue weighted by molar-refractivity contribution is 5.77. The lowest BCUT2D eigenvalue weighted by Gasteiger charge is -1.95. The maximum absolute atomic E-state index is 11.2. The first-order valence-corrected chi connectivity index (χ1v) is 4.05. The minimum absolute atomic E-state index is 0.0186. The van der Waals surface area contributed by atoms with E-state index >= 15 is 0 Å². The van der Waals surface area contributed by atoms with Crippen LogP contribution in [0.3, 0.4) is 0 Å². The van der Waals surface area contributed by atoms with Crippen LogP contribution < -0.4 is 11.5 Å². The van der Waals surface area contributed by atoms with Gasteiger partial charge in [-0.15, -0.1) is 0 Å². The summed E-state index contributed by atoms with van der Waals surface area (Å²) < 4.78 is 6.13. The molecule has 2 rings (SSSR count). The maximum atomic E-state index is 11.2. The van der Waals surface area contributed by atoms with Crippen LogP contribution in [0.4, 0.5) is 5.69 Å².